The number of benzene rings is 5. The summed E-state index contributed by atoms with van der Waals surface area (Å²) in [5.41, 5.74) is 0.00611. The Kier molecular flexibility index (Phi) is 8.41. The Morgan fingerprint density at radius 2 is 1.34 bits per heavy atom. The number of phenolic OH excluding ortho intramolecular Hbond substituents is 1. The van der Waals surface area contributed by atoms with E-state index in [9.17, 15) is 41.2 Å². The Hall–Kier alpha value is -6.41. The maximum atomic E-state index is 12.5. The summed E-state index contributed by atoms with van der Waals surface area (Å²) in [7, 11) is -9.47. The Bertz CT molecular complexity index is 2650. The van der Waals surface area contributed by atoms with Crippen molar-refractivity contribution in [2.45, 2.75) is 9.79 Å². The van der Waals surface area contributed by atoms with Crippen LogP contribution < -0.4 is 0 Å². The zero-order chi connectivity index (χ0) is 36.0. The molecule has 0 aliphatic rings. The maximum Gasteiger partial charge on any atom is 0.338 e. The summed E-state index contributed by atoms with van der Waals surface area (Å²) < 4.78 is 66.6. The number of aromatic nitrogens is 2. The minimum Gasteiger partial charge on any atom is -0.505 e. The van der Waals surface area contributed by atoms with Crippen LogP contribution in [-0.4, -0.2) is 63.2 Å². The number of hydrogen-bond donors (Lipinski definition) is 6. The molecule has 6 N–H and O–H groups in total. The number of phenols is 1. The topological polar surface area (TPSA) is 282 Å². The quantitative estimate of drug-likeness (QED) is 0.0664. The number of aromatic amines is 1. The Labute approximate surface area is 280 Å². The highest BCUT2D eigenvalue weighted by Gasteiger charge is 2.24. The second-order valence-electron chi connectivity index (χ2n) is 10.4. The monoisotopic (exact) mass is 716 g/mol. The summed E-state index contributed by atoms with van der Waals surface area (Å²) in [5, 5.41) is 45.9. The molecule has 0 aliphatic carbocycles. The fourth-order valence-corrected chi connectivity index (χ4v) is 5.98. The molecular weight excluding hydrogens is 697 g/mol. The van der Waals surface area contributed by atoms with E-state index in [1.165, 1.54) is 60.7 Å². The van der Waals surface area contributed by atoms with E-state index in [2.05, 4.69) is 30.4 Å². The third kappa shape index (κ3) is 6.64. The number of H-pyrrole nitrogens is 1. The SMILES string of the molecule is O=C(O)c1ccc(-c2nc3ccc4c(O)c(N=Nc5ccc(N=Nc6ccc(S(=O)(=O)O)cc6)cc5C(=O)O)c(S(=O)(=O)O)cc4c3[nH]2)cc1. The average molecular weight is 717 g/mol. The van der Waals surface area contributed by atoms with Crippen molar-refractivity contribution in [3.8, 4) is 17.1 Å². The summed E-state index contributed by atoms with van der Waals surface area (Å²) >= 11 is 0. The molecule has 17 nitrogen and oxygen atoms in total. The third-order valence-electron chi connectivity index (χ3n) is 7.25. The Morgan fingerprint density at radius 3 is 1.96 bits per heavy atom. The number of aromatic carboxylic acids is 2. The van der Waals surface area contributed by atoms with Gasteiger partial charge in [0.1, 0.15) is 22.1 Å². The van der Waals surface area contributed by atoms with E-state index in [-0.39, 0.29) is 43.8 Å². The molecule has 1 heterocycles. The number of nitrogens with zero attached hydrogens (tertiary/aromatic N) is 5. The first-order chi connectivity index (χ1) is 23.6. The van der Waals surface area contributed by atoms with Gasteiger partial charge in [-0.3, -0.25) is 9.11 Å². The van der Waals surface area contributed by atoms with E-state index in [0.717, 1.165) is 24.3 Å². The van der Waals surface area contributed by atoms with Crippen LogP contribution in [0.25, 0.3) is 33.2 Å². The lowest BCUT2D eigenvalue weighted by Crippen LogP contribution is -1.99. The van der Waals surface area contributed by atoms with Crippen LogP contribution in [-0.2, 0) is 20.2 Å². The summed E-state index contributed by atoms with van der Waals surface area (Å²) in [4.78, 5) is 29.6. The van der Waals surface area contributed by atoms with Crippen LogP contribution in [0.3, 0.4) is 0 Å². The molecule has 252 valence electrons. The molecule has 0 spiro atoms. The molecule has 0 unspecified atom stereocenters. The van der Waals surface area contributed by atoms with E-state index in [1.807, 2.05) is 0 Å². The number of imidazole rings is 1. The molecule has 0 saturated heterocycles. The average Bonchev–Trinajstić information content (AvgIpc) is 3.51. The van der Waals surface area contributed by atoms with Crippen LogP contribution in [0.15, 0.2) is 115 Å². The minimum atomic E-state index is -5.05. The van der Waals surface area contributed by atoms with Crippen LogP contribution in [0.5, 0.6) is 5.75 Å². The molecule has 0 radical (unpaired) electrons. The maximum absolute atomic E-state index is 12.5. The van der Waals surface area contributed by atoms with Gasteiger partial charge in [-0.05, 0) is 72.8 Å². The highest BCUT2D eigenvalue weighted by molar-refractivity contribution is 7.86. The number of rotatable bonds is 9. The summed E-state index contributed by atoms with van der Waals surface area (Å²) in [6.07, 6.45) is 0. The van der Waals surface area contributed by atoms with Gasteiger partial charge >= 0.3 is 11.9 Å². The van der Waals surface area contributed by atoms with Gasteiger partial charge < -0.3 is 20.3 Å². The van der Waals surface area contributed by atoms with Gasteiger partial charge in [0.05, 0.1) is 38.4 Å². The number of fused-ring (bicyclic) bond motifs is 3. The van der Waals surface area contributed by atoms with Gasteiger partial charge in [-0.1, -0.05) is 12.1 Å². The summed E-state index contributed by atoms with van der Waals surface area (Å²) in [5.74, 6) is -2.98. The normalized spacial score (nSPS) is 12.4. The minimum absolute atomic E-state index is 0.0353. The molecule has 0 saturated carbocycles. The van der Waals surface area contributed by atoms with Crippen molar-refractivity contribution in [1.29, 1.82) is 0 Å². The molecule has 19 heteroatoms. The lowest BCUT2D eigenvalue weighted by molar-refractivity contribution is 0.0686. The fraction of sp³-hybridized carbons (Fsp3) is 0. The van der Waals surface area contributed by atoms with Gasteiger partial charge in [-0.25, -0.2) is 14.6 Å². The predicted octanol–water partition coefficient (Wildman–Crippen LogP) is 6.81. The van der Waals surface area contributed by atoms with Crippen molar-refractivity contribution in [2.75, 3.05) is 0 Å². The van der Waals surface area contributed by atoms with Crippen molar-refractivity contribution >= 4 is 76.7 Å². The van der Waals surface area contributed by atoms with Crippen LogP contribution in [0, 0.1) is 0 Å². The number of carboxylic acid groups (broad SMARTS) is 2. The second-order valence-corrected chi connectivity index (χ2v) is 13.3. The molecule has 6 rings (SSSR count). The van der Waals surface area contributed by atoms with E-state index >= 15 is 0 Å². The van der Waals surface area contributed by atoms with Crippen molar-refractivity contribution in [3.05, 3.63) is 96.1 Å². The lowest BCUT2D eigenvalue weighted by atomic mass is 10.1. The smallest absolute Gasteiger partial charge is 0.338 e. The van der Waals surface area contributed by atoms with Gasteiger partial charge in [0.15, 0.2) is 5.75 Å². The van der Waals surface area contributed by atoms with Crippen LogP contribution >= 0.6 is 0 Å². The summed E-state index contributed by atoms with van der Waals surface area (Å²) in [6, 6.07) is 18.1. The van der Waals surface area contributed by atoms with Gasteiger partial charge in [0, 0.05) is 16.3 Å². The highest BCUT2D eigenvalue weighted by atomic mass is 32.2. The first-order valence-electron chi connectivity index (χ1n) is 13.9. The third-order valence-corrected chi connectivity index (χ3v) is 8.99. The number of carbonyl (C=O) groups is 2. The molecular formula is C31H20N6O11S2. The van der Waals surface area contributed by atoms with Gasteiger partial charge in [0.2, 0.25) is 0 Å². The summed E-state index contributed by atoms with van der Waals surface area (Å²) in [6.45, 7) is 0. The van der Waals surface area contributed by atoms with Gasteiger partial charge in [-0.15, -0.1) is 10.2 Å². The van der Waals surface area contributed by atoms with Gasteiger partial charge in [-0.2, -0.15) is 27.1 Å². The second kappa shape index (κ2) is 12.6. The van der Waals surface area contributed by atoms with Gasteiger partial charge in [0.25, 0.3) is 20.2 Å². The molecule has 1 aromatic heterocycles. The Morgan fingerprint density at radius 1 is 0.680 bits per heavy atom. The highest BCUT2D eigenvalue weighted by Crippen LogP contribution is 2.43. The van der Waals surface area contributed by atoms with Crippen molar-refractivity contribution in [3.63, 3.8) is 0 Å². The molecule has 0 bridgehead atoms. The zero-order valence-electron chi connectivity index (χ0n) is 24.8. The predicted molar refractivity (Wildman–Crippen MR) is 175 cm³/mol. The molecule has 0 fully saturated rings. The van der Waals surface area contributed by atoms with Crippen LogP contribution in [0.4, 0.5) is 22.7 Å². The molecule has 0 aliphatic heterocycles. The van der Waals surface area contributed by atoms with E-state index in [1.54, 1.807) is 0 Å². The molecule has 0 atom stereocenters. The zero-order valence-corrected chi connectivity index (χ0v) is 26.5. The van der Waals surface area contributed by atoms with E-state index < -0.39 is 54.1 Å². The fourth-order valence-electron chi connectivity index (χ4n) is 4.85. The van der Waals surface area contributed by atoms with Crippen molar-refractivity contribution in [2.24, 2.45) is 20.5 Å². The lowest BCUT2D eigenvalue weighted by Gasteiger charge is -2.09. The standard InChI is InChI=1S/C31H20N6O11S2/c38-28-20-10-12-24-26(33-29(32-24)15-1-3-16(4-2-15)30(39)40)21(20)14-25(50(46,47)48)27(28)37-36-23-11-7-18(13-22(23)31(41)42)35-34-17-5-8-19(9-6-17)49(43,44)45/h1-14,38H,(H,32,33)(H,39,40)(H,41,42)(H,43,44,45)(H,46,47,48). The van der Waals surface area contributed by atoms with Crippen LogP contribution in [0.1, 0.15) is 20.7 Å². The molecule has 6 aromatic rings. The largest absolute Gasteiger partial charge is 0.505 e. The number of hydrogen-bond acceptors (Lipinski definition) is 12. The Balaban J connectivity index is 1.38. The molecule has 5 aromatic carbocycles. The van der Waals surface area contributed by atoms with E-state index in [4.69, 9.17) is 9.66 Å². The van der Waals surface area contributed by atoms with Crippen LogP contribution in [0.2, 0.25) is 0 Å². The van der Waals surface area contributed by atoms with E-state index in [0.29, 0.717) is 16.9 Å². The number of azo groups is 2. The first kappa shape index (κ1) is 33.5. The molecule has 50 heavy (non-hydrogen) atoms. The number of nitrogens with one attached hydrogen (secondary N) is 1. The number of aromatic hydroxyl groups is 1. The van der Waals surface area contributed by atoms with Crippen molar-refractivity contribution < 1.29 is 50.8 Å². The number of carboxylic acids is 2. The van der Waals surface area contributed by atoms with Crippen molar-refractivity contribution in [1.82, 2.24) is 9.97 Å². The first-order valence-corrected chi connectivity index (χ1v) is 16.8. The molecule has 0 amide bonds.